The Morgan fingerprint density at radius 3 is 2.26 bits per heavy atom. The summed E-state index contributed by atoms with van der Waals surface area (Å²) >= 11 is 0. The van der Waals surface area contributed by atoms with E-state index in [2.05, 4.69) is 10.6 Å². The summed E-state index contributed by atoms with van der Waals surface area (Å²) in [5.41, 5.74) is 0.847. The van der Waals surface area contributed by atoms with Gasteiger partial charge in [-0.25, -0.2) is 0 Å². The quantitative estimate of drug-likeness (QED) is 0.828. The molecule has 3 amide bonds. The number of nitrogens with zero attached hydrogens (tertiary/aromatic N) is 1. The minimum atomic E-state index is -0.443. The number of methoxy groups -OCH3 is 1. The van der Waals surface area contributed by atoms with Gasteiger partial charge in [-0.3, -0.25) is 14.4 Å². The zero-order valence-electron chi connectivity index (χ0n) is 16.5. The van der Waals surface area contributed by atoms with Crippen molar-refractivity contribution in [1.82, 2.24) is 4.90 Å². The number of ether oxygens (including phenoxy) is 1. The van der Waals surface area contributed by atoms with Gasteiger partial charge in [0.05, 0.1) is 5.92 Å². The number of carbonyl (C=O) groups excluding carboxylic acids is 3. The van der Waals surface area contributed by atoms with Crippen LogP contribution in [-0.4, -0.2) is 49.4 Å². The van der Waals surface area contributed by atoms with Crippen LogP contribution in [0.1, 0.15) is 33.6 Å². The first-order valence-corrected chi connectivity index (χ1v) is 9.20. The van der Waals surface area contributed by atoms with Crippen LogP contribution in [0.2, 0.25) is 0 Å². The first-order chi connectivity index (χ1) is 12.7. The standard InChI is InChI=1S/C20H29N3O4/c1-20(2,3)19(26)23-11-5-6-14(12-23)18(25)22-16-9-7-15(8-10-16)21-17(24)13-27-4/h7-10,14H,5-6,11-13H2,1-4H3,(H,21,24)(H,22,25). The van der Waals surface area contributed by atoms with E-state index in [1.54, 1.807) is 29.2 Å². The molecule has 1 aromatic rings. The number of likely N-dealkylation sites (tertiary alicyclic amines) is 1. The molecule has 1 saturated heterocycles. The minimum Gasteiger partial charge on any atom is -0.375 e. The second-order valence-corrected chi connectivity index (χ2v) is 7.89. The van der Waals surface area contributed by atoms with Gasteiger partial charge >= 0.3 is 0 Å². The van der Waals surface area contributed by atoms with Crippen LogP contribution in [0, 0.1) is 11.3 Å². The molecule has 1 atom stereocenters. The number of hydrogen-bond donors (Lipinski definition) is 2. The highest BCUT2D eigenvalue weighted by Gasteiger charge is 2.33. The molecule has 1 unspecified atom stereocenters. The average molecular weight is 375 g/mol. The molecule has 2 N–H and O–H groups in total. The lowest BCUT2D eigenvalue weighted by Crippen LogP contribution is -2.47. The van der Waals surface area contributed by atoms with Crippen LogP contribution in [0.3, 0.4) is 0 Å². The molecule has 7 heteroatoms. The molecule has 2 rings (SSSR count). The van der Waals surface area contributed by atoms with E-state index in [0.29, 0.717) is 24.5 Å². The SMILES string of the molecule is COCC(=O)Nc1ccc(NC(=O)C2CCCN(C(=O)C(C)(C)C)C2)cc1. The highest BCUT2D eigenvalue weighted by Crippen LogP contribution is 2.24. The van der Waals surface area contributed by atoms with Crippen LogP contribution in [0.4, 0.5) is 11.4 Å². The Morgan fingerprint density at radius 1 is 1.11 bits per heavy atom. The Labute approximate surface area is 160 Å². The Hall–Kier alpha value is -2.41. The van der Waals surface area contributed by atoms with Gasteiger partial charge in [0.25, 0.3) is 0 Å². The Bertz CT molecular complexity index is 679. The van der Waals surface area contributed by atoms with Crippen LogP contribution in [0.15, 0.2) is 24.3 Å². The lowest BCUT2D eigenvalue weighted by Gasteiger charge is -2.35. The molecule has 0 radical (unpaired) electrons. The van der Waals surface area contributed by atoms with Crippen LogP contribution in [0.25, 0.3) is 0 Å². The lowest BCUT2D eigenvalue weighted by molar-refractivity contribution is -0.142. The molecule has 7 nitrogen and oxygen atoms in total. The third kappa shape index (κ3) is 6.06. The van der Waals surface area contributed by atoms with Gasteiger partial charge in [-0.2, -0.15) is 0 Å². The number of rotatable bonds is 5. The minimum absolute atomic E-state index is 0.00997. The van der Waals surface area contributed by atoms with Crippen molar-refractivity contribution in [1.29, 1.82) is 0 Å². The van der Waals surface area contributed by atoms with E-state index < -0.39 is 5.41 Å². The molecule has 0 bridgehead atoms. The number of anilines is 2. The summed E-state index contributed by atoms with van der Waals surface area (Å²) in [6.07, 6.45) is 1.59. The van der Waals surface area contributed by atoms with Crippen molar-refractivity contribution in [2.24, 2.45) is 11.3 Å². The van der Waals surface area contributed by atoms with Crippen molar-refractivity contribution in [2.45, 2.75) is 33.6 Å². The lowest BCUT2D eigenvalue weighted by atomic mass is 9.91. The molecule has 0 spiro atoms. The molecular formula is C20H29N3O4. The fourth-order valence-corrected chi connectivity index (χ4v) is 3.06. The fourth-order valence-electron chi connectivity index (χ4n) is 3.06. The van der Waals surface area contributed by atoms with Gasteiger partial charge < -0.3 is 20.3 Å². The maximum absolute atomic E-state index is 12.6. The van der Waals surface area contributed by atoms with E-state index in [1.165, 1.54) is 7.11 Å². The zero-order chi connectivity index (χ0) is 20.0. The van der Waals surface area contributed by atoms with E-state index in [0.717, 1.165) is 12.8 Å². The van der Waals surface area contributed by atoms with E-state index in [9.17, 15) is 14.4 Å². The normalized spacial score (nSPS) is 17.3. The largest absolute Gasteiger partial charge is 0.375 e. The summed E-state index contributed by atoms with van der Waals surface area (Å²) < 4.78 is 4.77. The molecule has 1 aliphatic rings. The molecule has 148 valence electrons. The third-order valence-corrected chi connectivity index (χ3v) is 4.43. The molecular weight excluding hydrogens is 346 g/mol. The molecule has 1 fully saturated rings. The molecule has 0 aliphatic carbocycles. The van der Waals surface area contributed by atoms with Gasteiger partial charge in [-0.05, 0) is 37.1 Å². The summed E-state index contributed by atoms with van der Waals surface area (Å²) in [6.45, 7) is 6.83. The number of piperidine rings is 1. The molecule has 1 aromatic carbocycles. The number of nitrogens with one attached hydrogen (secondary N) is 2. The zero-order valence-corrected chi connectivity index (χ0v) is 16.5. The van der Waals surface area contributed by atoms with E-state index >= 15 is 0 Å². The highest BCUT2D eigenvalue weighted by atomic mass is 16.5. The number of hydrogen-bond acceptors (Lipinski definition) is 4. The summed E-state index contributed by atoms with van der Waals surface area (Å²) in [5.74, 6) is -0.458. The maximum Gasteiger partial charge on any atom is 0.250 e. The van der Waals surface area contributed by atoms with Crippen LogP contribution >= 0.6 is 0 Å². The van der Waals surface area contributed by atoms with Gasteiger partial charge in [0.2, 0.25) is 17.7 Å². The van der Waals surface area contributed by atoms with E-state index in [4.69, 9.17) is 4.74 Å². The van der Waals surface area contributed by atoms with E-state index in [1.807, 2.05) is 20.8 Å². The Morgan fingerprint density at radius 2 is 1.70 bits per heavy atom. The predicted octanol–water partition coefficient (Wildman–Crippen LogP) is 2.49. The average Bonchev–Trinajstić information content (AvgIpc) is 2.62. The summed E-state index contributed by atoms with van der Waals surface area (Å²) in [6, 6.07) is 6.92. The summed E-state index contributed by atoms with van der Waals surface area (Å²) in [5, 5.41) is 5.60. The molecule has 0 aromatic heterocycles. The van der Waals surface area contributed by atoms with E-state index in [-0.39, 0.29) is 30.2 Å². The van der Waals surface area contributed by atoms with Crippen molar-refractivity contribution < 1.29 is 19.1 Å². The van der Waals surface area contributed by atoms with Gasteiger partial charge in [0.1, 0.15) is 6.61 Å². The third-order valence-electron chi connectivity index (χ3n) is 4.43. The van der Waals surface area contributed by atoms with Crippen LogP contribution < -0.4 is 10.6 Å². The molecule has 27 heavy (non-hydrogen) atoms. The molecule has 1 aliphatic heterocycles. The molecule has 1 heterocycles. The highest BCUT2D eigenvalue weighted by molar-refractivity contribution is 5.94. The second-order valence-electron chi connectivity index (χ2n) is 7.89. The second kappa shape index (κ2) is 8.99. The molecule has 0 saturated carbocycles. The van der Waals surface area contributed by atoms with Crippen molar-refractivity contribution in [3.63, 3.8) is 0 Å². The van der Waals surface area contributed by atoms with Crippen LogP contribution in [-0.2, 0) is 19.1 Å². The van der Waals surface area contributed by atoms with Gasteiger partial charge in [0.15, 0.2) is 0 Å². The van der Waals surface area contributed by atoms with Crippen molar-refractivity contribution >= 4 is 29.1 Å². The maximum atomic E-state index is 12.6. The van der Waals surface area contributed by atoms with Crippen molar-refractivity contribution in [2.75, 3.05) is 37.4 Å². The Balaban J connectivity index is 1.92. The smallest absolute Gasteiger partial charge is 0.250 e. The number of amides is 3. The summed E-state index contributed by atoms with van der Waals surface area (Å²) in [4.78, 5) is 38.4. The number of carbonyl (C=O) groups is 3. The topological polar surface area (TPSA) is 87.7 Å². The summed E-state index contributed by atoms with van der Waals surface area (Å²) in [7, 11) is 1.46. The Kier molecular flexibility index (Phi) is 6.96. The van der Waals surface area contributed by atoms with Gasteiger partial charge in [-0.1, -0.05) is 20.8 Å². The first-order valence-electron chi connectivity index (χ1n) is 9.20. The first kappa shape index (κ1) is 20.9. The van der Waals surface area contributed by atoms with Gasteiger partial charge in [-0.15, -0.1) is 0 Å². The van der Waals surface area contributed by atoms with Crippen molar-refractivity contribution in [3.8, 4) is 0 Å². The van der Waals surface area contributed by atoms with Crippen molar-refractivity contribution in [3.05, 3.63) is 24.3 Å². The predicted molar refractivity (Wildman–Crippen MR) is 104 cm³/mol. The van der Waals surface area contributed by atoms with Gasteiger partial charge in [0, 0.05) is 37.0 Å². The number of benzene rings is 1. The fraction of sp³-hybridized carbons (Fsp3) is 0.550. The monoisotopic (exact) mass is 375 g/mol. The van der Waals surface area contributed by atoms with Crippen LogP contribution in [0.5, 0.6) is 0 Å².